The average Bonchev–Trinajstić information content (AvgIpc) is 2.37. The van der Waals surface area contributed by atoms with Crippen LogP contribution in [0, 0.1) is 0 Å². The van der Waals surface area contributed by atoms with Gasteiger partial charge < -0.3 is 9.47 Å². The van der Waals surface area contributed by atoms with Crippen LogP contribution < -0.4 is 0 Å². The van der Waals surface area contributed by atoms with E-state index in [1.165, 1.54) is 11.8 Å². The van der Waals surface area contributed by atoms with E-state index in [-0.39, 0.29) is 6.73 Å². The van der Waals surface area contributed by atoms with Crippen LogP contribution in [0.15, 0.2) is 30.3 Å². The highest BCUT2D eigenvalue weighted by Gasteiger charge is 2.22. The largest absolute Gasteiger partial charge is 0.444 e. The summed E-state index contributed by atoms with van der Waals surface area (Å²) >= 11 is 0. The van der Waals surface area contributed by atoms with E-state index >= 15 is 0 Å². The molecule has 0 aromatic heterocycles. The van der Waals surface area contributed by atoms with Gasteiger partial charge in [0.1, 0.15) is 5.60 Å². The molecule has 0 atom stereocenters. The smallest absolute Gasteiger partial charge is 0.412 e. The van der Waals surface area contributed by atoms with Crippen molar-refractivity contribution in [2.45, 2.75) is 39.7 Å². The molecule has 5 heteroatoms. The SMILES string of the molecule is CC(=O)OCN(CCc1ccccc1)C(=O)OC(C)(C)C. The van der Waals surface area contributed by atoms with Gasteiger partial charge in [-0.15, -0.1) is 0 Å². The number of esters is 1. The van der Waals surface area contributed by atoms with Crippen molar-refractivity contribution in [1.82, 2.24) is 4.90 Å². The number of benzene rings is 1. The number of amides is 1. The molecule has 0 radical (unpaired) electrons. The first-order chi connectivity index (χ1) is 9.78. The number of hydrogen-bond donors (Lipinski definition) is 0. The first-order valence-corrected chi connectivity index (χ1v) is 6.93. The Labute approximate surface area is 125 Å². The Morgan fingerprint density at radius 3 is 2.29 bits per heavy atom. The van der Waals surface area contributed by atoms with E-state index in [0.29, 0.717) is 13.0 Å². The van der Waals surface area contributed by atoms with Crippen LogP contribution in [0.4, 0.5) is 4.79 Å². The van der Waals surface area contributed by atoms with Gasteiger partial charge in [-0.2, -0.15) is 0 Å². The van der Waals surface area contributed by atoms with Crippen molar-refractivity contribution in [3.63, 3.8) is 0 Å². The van der Waals surface area contributed by atoms with Gasteiger partial charge in [0.05, 0.1) is 0 Å². The van der Waals surface area contributed by atoms with Gasteiger partial charge in [-0.3, -0.25) is 9.69 Å². The van der Waals surface area contributed by atoms with E-state index in [4.69, 9.17) is 9.47 Å². The van der Waals surface area contributed by atoms with Crippen LogP contribution >= 0.6 is 0 Å². The molecule has 0 N–H and O–H groups in total. The molecule has 0 heterocycles. The molecular formula is C16H23NO4. The van der Waals surface area contributed by atoms with Gasteiger partial charge in [-0.05, 0) is 32.8 Å². The van der Waals surface area contributed by atoms with Crippen LogP contribution in [-0.2, 0) is 20.7 Å². The van der Waals surface area contributed by atoms with Crippen LogP contribution in [0.2, 0.25) is 0 Å². The molecule has 0 unspecified atom stereocenters. The molecule has 0 saturated heterocycles. The fourth-order valence-corrected chi connectivity index (χ4v) is 1.61. The molecule has 1 aromatic carbocycles. The van der Waals surface area contributed by atoms with Gasteiger partial charge in [0.25, 0.3) is 0 Å². The first-order valence-electron chi connectivity index (χ1n) is 6.93. The van der Waals surface area contributed by atoms with Crippen molar-refractivity contribution in [3.8, 4) is 0 Å². The summed E-state index contributed by atoms with van der Waals surface area (Å²) in [4.78, 5) is 24.4. The monoisotopic (exact) mass is 293 g/mol. The molecule has 5 nitrogen and oxygen atoms in total. The van der Waals surface area contributed by atoms with Crippen LogP contribution in [0.5, 0.6) is 0 Å². The van der Waals surface area contributed by atoms with E-state index < -0.39 is 17.7 Å². The van der Waals surface area contributed by atoms with Crippen molar-refractivity contribution < 1.29 is 19.1 Å². The molecular weight excluding hydrogens is 270 g/mol. The van der Waals surface area contributed by atoms with Gasteiger partial charge in [0.2, 0.25) is 0 Å². The molecule has 116 valence electrons. The van der Waals surface area contributed by atoms with Gasteiger partial charge in [0.15, 0.2) is 6.73 Å². The van der Waals surface area contributed by atoms with Gasteiger partial charge in [0, 0.05) is 13.5 Å². The summed E-state index contributed by atoms with van der Waals surface area (Å²) in [6, 6.07) is 9.80. The lowest BCUT2D eigenvalue weighted by atomic mass is 10.1. The van der Waals surface area contributed by atoms with Crippen LogP contribution in [0.1, 0.15) is 33.3 Å². The third kappa shape index (κ3) is 7.34. The lowest BCUT2D eigenvalue weighted by molar-refractivity contribution is -0.145. The van der Waals surface area contributed by atoms with Crippen molar-refractivity contribution in [2.24, 2.45) is 0 Å². The maximum absolute atomic E-state index is 12.1. The van der Waals surface area contributed by atoms with Crippen LogP contribution in [-0.4, -0.2) is 35.8 Å². The molecule has 0 aliphatic rings. The summed E-state index contributed by atoms with van der Waals surface area (Å²) in [5.74, 6) is -0.428. The number of rotatable bonds is 5. The minimum Gasteiger partial charge on any atom is -0.444 e. The zero-order valence-electron chi connectivity index (χ0n) is 13.1. The summed E-state index contributed by atoms with van der Waals surface area (Å²) in [5.41, 5.74) is 0.520. The molecule has 0 aliphatic heterocycles. The number of nitrogens with zero attached hydrogens (tertiary/aromatic N) is 1. The Hall–Kier alpha value is -2.04. The average molecular weight is 293 g/mol. The first kappa shape index (κ1) is 17.0. The molecule has 0 fully saturated rings. The zero-order valence-corrected chi connectivity index (χ0v) is 13.1. The fraction of sp³-hybridized carbons (Fsp3) is 0.500. The molecule has 0 spiro atoms. The Kier molecular flexibility index (Phi) is 6.21. The van der Waals surface area contributed by atoms with Crippen molar-refractivity contribution in [3.05, 3.63) is 35.9 Å². The Morgan fingerprint density at radius 1 is 1.14 bits per heavy atom. The maximum atomic E-state index is 12.1. The molecule has 1 amide bonds. The van der Waals surface area contributed by atoms with E-state index in [0.717, 1.165) is 5.56 Å². The summed E-state index contributed by atoms with van der Waals surface area (Å²) in [6.45, 7) is 7.03. The predicted octanol–water partition coefficient (Wildman–Crippen LogP) is 2.99. The van der Waals surface area contributed by atoms with Crippen molar-refractivity contribution >= 4 is 12.1 Å². The molecule has 1 rings (SSSR count). The number of carbonyl (C=O) groups excluding carboxylic acids is 2. The number of hydrogen-bond acceptors (Lipinski definition) is 4. The second-order valence-electron chi connectivity index (χ2n) is 5.74. The standard InChI is InChI=1S/C16H23NO4/c1-13(18)20-12-17(15(19)21-16(2,3)4)11-10-14-8-6-5-7-9-14/h5-9H,10-12H2,1-4H3. The Balaban J connectivity index is 2.63. The third-order valence-corrected chi connectivity index (χ3v) is 2.59. The lowest BCUT2D eigenvalue weighted by Gasteiger charge is -2.27. The van der Waals surface area contributed by atoms with Gasteiger partial charge >= 0.3 is 12.1 Å². The van der Waals surface area contributed by atoms with Crippen LogP contribution in [0.3, 0.4) is 0 Å². The summed E-state index contributed by atoms with van der Waals surface area (Å²) in [7, 11) is 0. The molecule has 0 aliphatic carbocycles. The van der Waals surface area contributed by atoms with Gasteiger partial charge in [-0.25, -0.2) is 4.79 Å². The highest BCUT2D eigenvalue weighted by atomic mass is 16.6. The fourth-order valence-electron chi connectivity index (χ4n) is 1.61. The Bertz CT molecular complexity index is 465. The second kappa shape index (κ2) is 7.67. The molecule has 0 saturated carbocycles. The zero-order chi connectivity index (χ0) is 15.9. The number of ether oxygens (including phenoxy) is 2. The van der Waals surface area contributed by atoms with E-state index in [1.807, 2.05) is 30.3 Å². The normalized spacial score (nSPS) is 10.9. The third-order valence-electron chi connectivity index (χ3n) is 2.59. The van der Waals surface area contributed by atoms with E-state index in [2.05, 4.69) is 0 Å². The summed E-state index contributed by atoms with van der Waals surface area (Å²) in [5, 5.41) is 0. The minimum absolute atomic E-state index is 0.100. The van der Waals surface area contributed by atoms with Crippen molar-refractivity contribution in [2.75, 3.05) is 13.3 Å². The second-order valence-corrected chi connectivity index (χ2v) is 5.74. The minimum atomic E-state index is -0.585. The Morgan fingerprint density at radius 2 is 1.76 bits per heavy atom. The van der Waals surface area contributed by atoms with E-state index in [9.17, 15) is 9.59 Å². The molecule has 1 aromatic rings. The number of carbonyl (C=O) groups is 2. The predicted molar refractivity (Wildman–Crippen MR) is 79.7 cm³/mol. The molecule has 0 bridgehead atoms. The summed E-state index contributed by atoms with van der Waals surface area (Å²) < 4.78 is 10.2. The summed E-state index contributed by atoms with van der Waals surface area (Å²) in [6.07, 6.45) is 0.182. The lowest BCUT2D eigenvalue weighted by Crippen LogP contribution is -2.39. The van der Waals surface area contributed by atoms with Gasteiger partial charge in [-0.1, -0.05) is 30.3 Å². The van der Waals surface area contributed by atoms with Crippen molar-refractivity contribution in [1.29, 1.82) is 0 Å². The highest BCUT2D eigenvalue weighted by molar-refractivity contribution is 5.69. The quantitative estimate of drug-likeness (QED) is 0.618. The maximum Gasteiger partial charge on any atom is 0.412 e. The van der Waals surface area contributed by atoms with Crippen LogP contribution in [0.25, 0.3) is 0 Å². The topological polar surface area (TPSA) is 55.8 Å². The molecule has 21 heavy (non-hydrogen) atoms. The highest BCUT2D eigenvalue weighted by Crippen LogP contribution is 2.11. The van der Waals surface area contributed by atoms with E-state index in [1.54, 1.807) is 20.8 Å².